The van der Waals surface area contributed by atoms with Gasteiger partial charge in [-0.15, -0.1) is 11.3 Å². The summed E-state index contributed by atoms with van der Waals surface area (Å²) in [7, 11) is 0. The Kier molecular flexibility index (Phi) is 8.87. The topological polar surface area (TPSA) is 85.4 Å². The van der Waals surface area contributed by atoms with Gasteiger partial charge in [0.2, 0.25) is 0 Å². The number of halogens is 1. The van der Waals surface area contributed by atoms with Crippen LogP contribution in [0.4, 0.5) is 15.6 Å². The lowest BCUT2D eigenvalue weighted by atomic mass is 10.1. The summed E-state index contributed by atoms with van der Waals surface area (Å²) in [6.45, 7) is 7.47. The molecule has 0 aliphatic carbocycles. The Hall–Kier alpha value is -2.65. The van der Waals surface area contributed by atoms with E-state index in [1.165, 1.54) is 23.2 Å². The van der Waals surface area contributed by atoms with Crippen LogP contribution in [-0.4, -0.2) is 35.8 Å². The monoisotopic (exact) mass is 518 g/mol. The van der Waals surface area contributed by atoms with Crippen molar-refractivity contribution in [3.63, 3.8) is 0 Å². The Morgan fingerprint density at radius 1 is 1.19 bits per heavy atom. The summed E-state index contributed by atoms with van der Waals surface area (Å²) < 4.78 is 12.0. The Balaban J connectivity index is 1.67. The van der Waals surface area contributed by atoms with Crippen LogP contribution in [0.25, 0.3) is 10.6 Å². The number of carbonyl (C=O) groups is 1. The van der Waals surface area contributed by atoms with Gasteiger partial charge < -0.3 is 14.8 Å². The fraction of sp³-hybridized carbons (Fsp3) is 0.348. The predicted molar refractivity (Wildman–Crippen MR) is 133 cm³/mol. The number of aromatic nitrogens is 2. The molecule has 32 heavy (non-hydrogen) atoms. The first-order chi connectivity index (χ1) is 15.4. The zero-order chi connectivity index (χ0) is 22.9. The Morgan fingerprint density at radius 2 is 1.97 bits per heavy atom. The highest BCUT2D eigenvalue weighted by molar-refractivity contribution is 9.10. The number of anilines is 2. The zero-order valence-corrected chi connectivity index (χ0v) is 20.8. The van der Waals surface area contributed by atoms with E-state index in [0.717, 1.165) is 33.8 Å². The van der Waals surface area contributed by atoms with E-state index < -0.39 is 6.09 Å². The maximum atomic E-state index is 12.1. The van der Waals surface area contributed by atoms with Crippen LogP contribution in [0.5, 0.6) is 5.75 Å². The SMILES string of the molecule is CCOc1cc(-c2cc(NCCc3ccc(Br)cc3)ncn2)sc1NC(=O)OCC(C)C. The van der Waals surface area contributed by atoms with E-state index in [1.54, 1.807) is 0 Å². The number of thiophene rings is 1. The van der Waals surface area contributed by atoms with Crippen molar-refractivity contribution in [1.29, 1.82) is 0 Å². The highest BCUT2D eigenvalue weighted by Crippen LogP contribution is 2.40. The van der Waals surface area contributed by atoms with Gasteiger partial charge in [-0.05, 0) is 37.0 Å². The Labute approximate surface area is 200 Å². The Morgan fingerprint density at radius 3 is 2.69 bits per heavy atom. The predicted octanol–water partition coefficient (Wildman–Crippen LogP) is 6.23. The maximum Gasteiger partial charge on any atom is 0.412 e. The normalized spacial score (nSPS) is 10.8. The number of amides is 1. The van der Waals surface area contributed by atoms with Crippen LogP contribution in [0.2, 0.25) is 0 Å². The molecular formula is C23H27BrN4O3S. The van der Waals surface area contributed by atoms with E-state index in [1.807, 2.05) is 45.0 Å². The maximum absolute atomic E-state index is 12.1. The molecule has 0 saturated carbocycles. The molecular weight excluding hydrogens is 492 g/mol. The Bertz CT molecular complexity index is 1020. The van der Waals surface area contributed by atoms with Crippen LogP contribution >= 0.6 is 27.3 Å². The molecule has 9 heteroatoms. The van der Waals surface area contributed by atoms with Crippen molar-refractivity contribution in [2.75, 3.05) is 30.4 Å². The number of carbonyl (C=O) groups excluding carboxylic acids is 1. The van der Waals surface area contributed by atoms with E-state index in [-0.39, 0.29) is 5.92 Å². The largest absolute Gasteiger partial charge is 0.491 e. The molecule has 0 unspecified atom stereocenters. The second-order valence-electron chi connectivity index (χ2n) is 7.45. The lowest BCUT2D eigenvalue weighted by Gasteiger charge is -2.09. The second-order valence-corrected chi connectivity index (χ2v) is 9.41. The van der Waals surface area contributed by atoms with Gasteiger partial charge in [0.05, 0.1) is 23.8 Å². The smallest absolute Gasteiger partial charge is 0.412 e. The molecule has 3 aromatic rings. The van der Waals surface area contributed by atoms with E-state index >= 15 is 0 Å². The highest BCUT2D eigenvalue weighted by atomic mass is 79.9. The number of rotatable bonds is 10. The molecule has 1 aromatic carbocycles. The van der Waals surface area contributed by atoms with E-state index in [4.69, 9.17) is 9.47 Å². The number of hydrogen-bond acceptors (Lipinski definition) is 7. The number of hydrogen-bond donors (Lipinski definition) is 2. The zero-order valence-electron chi connectivity index (χ0n) is 18.4. The molecule has 0 spiro atoms. The average Bonchev–Trinajstić information content (AvgIpc) is 3.16. The van der Waals surface area contributed by atoms with Crippen molar-refractivity contribution >= 4 is 44.2 Å². The fourth-order valence-corrected chi connectivity index (χ4v) is 4.02. The fourth-order valence-electron chi connectivity index (χ4n) is 2.80. The molecule has 2 aromatic heterocycles. The molecule has 0 radical (unpaired) electrons. The minimum absolute atomic E-state index is 0.265. The molecule has 0 fully saturated rings. The first-order valence-corrected chi connectivity index (χ1v) is 12.1. The van der Waals surface area contributed by atoms with Crippen LogP contribution in [0.1, 0.15) is 26.3 Å². The van der Waals surface area contributed by atoms with Crippen LogP contribution in [0.15, 0.2) is 47.2 Å². The van der Waals surface area contributed by atoms with Gasteiger partial charge in [-0.25, -0.2) is 14.8 Å². The summed E-state index contributed by atoms with van der Waals surface area (Å²) in [6.07, 6.45) is 1.92. The van der Waals surface area contributed by atoms with E-state index in [2.05, 4.69) is 48.7 Å². The molecule has 0 aliphatic heterocycles. The molecule has 0 atom stereocenters. The van der Waals surface area contributed by atoms with Gasteiger partial charge in [0.15, 0.2) is 5.75 Å². The number of benzene rings is 1. The molecule has 3 rings (SSSR count). The summed E-state index contributed by atoms with van der Waals surface area (Å²) in [5, 5.41) is 6.72. The summed E-state index contributed by atoms with van der Waals surface area (Å²) in [6, 6.07) is 12.0. The van der Waals surface area contributed by atoms with Gasteiger partial charge in [0, 0.05) is 23.2 Å². The molecule has 0 bridgehead atoms. The molecule has 170 valence electrons. The first-order valence-electron chi connectivity index (χ1n) is 10.5. The van der Waals surface area contributed by atoms with Gasteiger partial charge >= 0.3 is 6.09 Å². The molecule has 0 aliphatic rings. The third-order valence-corrected chi connectivity index (χ3v) is 5.90. The third kappa shape index (κ3) is 7.20. The van der Waals surface area contributed by atoms with Crippen molar-refractivity contribution in [2.24, 2.45) is 5.92 Å². The van der Waals surface area contributed by atoms with Crippen LogP contribution < -0.4 is 15.4 Å². The van der Waals surface area contributed by atoms with Gasteiger partial charge in [-0.3, -0.25) is 5.32 Å². The average molecular weight is 519 g/mol. The first kappa shape index (κ1) is 24.0. The van der Waals surface area contributed by atoms with Crippen molar-refractivity contribution < 1.29 is 14.3 Å². The number of nitrogens with zero attached hydrogens (tertiary/aromatic N) is 2. The standard InChI is InChI=1S/C23H27BrN4O3S/c1-4-30-19-12-20(32-22(19)28-23(29)31-13-15(2)3)18-11-21(27-14-26-18)25-10-9-16-5-7-17(24)8-6-16/h5-8,11-12,14-15H,4,9-10,13H2,1-3H3,(H,28,29)(H,25,26,27). The molecule has 0 saturated heterocycles. The minimum Gasteiger partial charge on any atom is -0.491 e. The summed E-state index contributed by atoms with van der Waals surface area (Å²) in [5.41, 5.74) is 2.00. The number of nitrogens with one attached hydrogen (secondary N) is 2. The second kappa shape index (κ2) is 11.8. The van der Waals surface area contributed by atoms with E-state index in [9.17, 15) is 4.79 Å². The van der Waals surface area contributed by atoms with Gasteiger partial charge in [0.1, 0.15) is 17.1 Å². The van der Waals surface area contributed by atoms with Crippen molar-refractivity contribution in [3.05, 3.63) is 52.8 Å². The van der Waals surface area contributed by atoms with Crippen molar-refractivity contribution in [3.8, 4) is 16.3 Å². The van der Waals surface area contributed by atoms with Crippen LogP contribution in [0, 0.1) is 5.92 Å². The number of ether oxygens (including phenoxy) is 2. The summed E-state index contributed by atoms with van der Waals surface area (Å²) in [4.78, 5) is 21.7. The van der Waals surface area contributed by atoms with Gasteiger partial charge in [-0.2, -0.15) is 0 Å². The van der Waals surface area contributed by atoms with Gasteiger partial charge in [-0.1, -0.05) is 41.9 Å². The van der Waals surface area contributed by atoms with Crippen molar-refractivity contribution in [2.45, 2.75) is 27.2 Å². The van der Waals surface area contributed by atoms with Crippen LogP contribution in [0.3, 0.4) is 0 Å². The summed E-state index contributed by atoms with van der Waals surface area (Å²) in [5.74, 6) is 1.60. The molecule has 1 amide bonds. The van der Waals surface area contributed by atoms with Gasteiger partial charge in [0.25, 0.3) is 0 Å². The molecule has 2 heterocycles. The lowest BCUT2D eigenvalue weighted by Crippen LogP contribution is -2.16. The molecule has 2 N–H and O–H groups in total. The third-order valence-electron chi connectivity index (χ3n) is 4.31. The van der Waals surface area contributed by atoms with Crippen molar-refractivity contribution in [1.82, 2.24) is 9.97 Å². The lowest BCUT2D eigenvalue weighted by molar-refractivity contribution is 0.147. The quantitative estimate of drug-likeness (QED) is 0.331. The van der Waals surface area contributed by atoms with E-state index in [0.29, 0.717) is 24.0 Å². The van der Waals surface area contributed by atoms with Crippen LogP contribution in [-0.2, 0) is 11.2 Å². The molecule has 7 nitrogen and oxygen atoms in total. The summed E-state index contributed by atoms with van der Waals surface area (Å²) >= 11 is 4.84. The minimum atomic E-state index is -0.494. The highest BCUT2D eigenvalue weighted by Gasteiger charge is 2.16.